The molecule has 0 saturated carbocycles. The molecule has 2 N–H and O–H groups in total. The van der Waals surface area contributed by atoms with Crippen molar-refractivity contribution in [1.82, 2.24) is 4.90 Å². The molecule has 14 heavy (non-hydrogen) atoms. The number of likely N-dealkylation sites (tertiary alicyclic amines) is 1. The normalized spacial score (nSPS) is 32.9. The molecule has 2 aliphatic rings. The number of amides is 1. The summed E-state index contributed by atoms with van der Waals surface area (Å²) in [5, 5.41) is 18.6. The van der Waals surface area contributed by atoms with Crippen LogP contribution in [0.25, 0.3) is 0 Å². The lowest BCUT2D eigenvalue weighted by atomic mass is 10.1. The third-order valence-electron chi connectivity index (χ3n) is 2.93. The monoisotopic (exact) mass is 197 g/mol. The van der Waals surface area contributed by atoms with Gasteiger partial charge in [-0.05, 0) is 12.8 Å². The zero-order chi connectivity index (χ0) is 10.1. The minimum absolute atomic E-state index is 0.0347. The van der Waals surface area contributed by atoms with Crippen LogP contribution in [0, 0.1) is 5.92 Å². The molecule has 1 fully saturated rings. The van der Waals surface area contributed by atoms with Crippen molar-refractivity contribution in [2.75, 3.05) is 13.1 Å². The molecule has 0 aromatic heterocycles. The molecule has 78 valence electrons. The van der Waals surface area contributed by atoms with Crippen molar-refractivity contribution < 1.29 is 15.0 Å². The number of carbonyl (C=O) groups is 1. The molecular weight excluding hydrogens is 182 g/mol. The zero-order valence-corrected chi connectivity index (χ0v) is 7.97. The van der Waals surface area contributed by atoms with Crippen molar-refractivity contribution in [3.8, 4) is 0 Å². The molecule has 2 rings (SSSR count). The summed E-state index contributed by atoms with van der Waals surface area (Å²) >= 11 is 0. The van der Waals surface area contributed by atoms with Crippen molar-refractivity contribution >= 4 is 5.91 Å². The number of aliphatic hydroxyl groups is 2. The van der Waals surface area contributed by atoms with Crippen LogP contribution >= 0.6 is 0 Å². The summed E-state index contributed by atoms with van der Waals surface area (Å²) in [6.45, 7) is 0.549. The van der Waals surface area contributed by atoms with Crippen LogP contribution in [0.5, 0.6) is 0 Å². The highest BCUT2D eigenvalue weighted by atomic mass is 16.3. The quantitative estimate of drug-likeness (QED) is 0.558. The van der Waals surface area contributed by atoms with Gasteiger partial charge in [-0.2, -0.15) is 0 Å². The number of rotatable bonds is 1. The predicted octanol–water partition coefficient (Wildman–Crippen LogP) is -0.483. The van der Waals surface area contributed by atoms with Gasteiger partial charge in [-0.1, -0.05) is 12.2 Å². The van der Waals surface area contributed by atoms with Gasteiger partial charge >= 0.3 is 0 Å². The van der Waals surface area contributed by atoms with Crippen LogP contribution in [-0.2, 0) is 4.79 Å². The summed E-state index contributed by atoms with van der Waals surface area (Å²) < 4.78 is 0. The summed E-state index contributed by atoms with van der Waals surface area (Å²) in [5.74, 6) is 0.0955. The van der Waals surface area contributed by atoms with E-state index in [1.54, 1.807) is 4.90 Å². The van der Waals surface area contributed by atoms with Gasteiger partial charge in [0.2, 0.25) is 5.91 Å². The molecule has 1 heterocycles. The van der Waals surface area contributed by atoms with E-state index in [1.807, 2.05) is 12.2 Å². The van der Waals surface area contributed by atoms with E-state index in [0.29, 0.717) is 0 Å². The Balaban J connectivity index is 1.93. The summed E-state index contributed by atoms with van der Waals surface area (Å²) in [5.41, 5.74) is 0. The van der Waals surface area contributed by atoms with Gasteiger partial charge in [-0.25, -0.2) is 0 Å². The Kier molecular flexibility index (Phi) is 2.56. The molecule has 0 aromatic carbocycles. The maximum atomic E-state index is 11.8. The molecule has 0 aromatic rings. The molecule has 1 aliphatic heterocycles. The molecule has 0 spiro atoms. The number of hydrogen-bond donors (Lipinski definition) is 2. The Labute approximate surface area is 82.8 Å². The molecule has 0 bridgehead atoms. The van der Waals surface area contributed by atoms with Crippen LogP contribution in [-0.4, -0.2) is 46.3 Å². The predicted molar refractivity (Wildman–Crippen MR) is 50.5 cm³/mol. The average Bonchev–Trinajstić information content (AvgIpc) is 2.76. The Hall–Kier alpha value is -0.870. The van der Waals surface area contributed by atoms with Crippen molar-refractivity contribution in [2.45, 2.75) is 25.0 Å². The second-order valence-electron chi connectivity index (χ2n) is 4.02. The van der Waals surface area contributed by atoms with E-state index in [4.69, 9.17) is 0 Å². The van der Waals surface area contributed by atoms with Crippen LogP contribution < -0.4 is 0 Å². The lowest BCUT2D eigenvalue weighted by Gasteiger charge is -2.19. The second kappa shape index (κ2) is 3.71. The Morgan fingerprint density at radius 3 is 2.14 bits per heavy atom. The van der Waals surface area contributed by atoms with Gasteiger partial charge in [0.05, 0.1) is 12.2 Å². The SMILES string of the molecule is O=C(C1CC=CC1)N1CC(O)C(O)C1. The molecule has 4 nitrogen and oxygen atoms in total. The largest absolute Gasteiger partial charge is 0.388 e. The maximum Gasteiger partial charge on any atom is 0.226 e. The molecule has 2 unspecified atom stereocenters. The number of allylic oxidation sites excluding steroid dienone is 2. The van der Waals surface area contributed by atoms with Crippen LogP contribution in [0.3, 0.4) is 0 Å². The van der Waals surface area contributed by atoms with E-state index in [1.165, 1.54) is 0 Å². The first kappa shape index (κ1) is 9.68. The van der Waals surface area contributed by atoms with E-state index >= 15 is 0 Å². The zero-order valence-electron chi connectivity index (χ0n) is 7.97. The minimum atomic E-state index is -0.770. The number of β-amino-alcohol motifs (C(OH)–C–C–N with tert-alkyl or cyclic N) is 2. The summed E-state index contributed by atoms with van der Waals surface area (Å²) in [7, 11) is 0. The Morgan fingerprint density at radius 2 is 1.64 bits per heavy atom. The first-order valence-electron chi connectivity index (χ1n) is 4.98. The lowest BCUT2D eigenvalue weighted by Crippen LogP contribution is -2.34. The van der Waals surface area contributed by atoms with E-state index in [2.05, 4.69) is 0 Å². The van der Waals surface area contributed by atoms with Gasteiger partial charge in [0, 0.05) is 19.0 Å². The van der Waals surface area contributed by atoms with Crippen molar-refractivity contribution in [3.63, 3.8) is 0 Å². The maximum absolute atomic E-state index is 11.8. The van der Waals surface area contributed by atoms with Gasteiger partial charge in [-0.3, -0.25) is 4.79 Å². The molecule has 4 heteroatoms. The third kappa shape index (κ3) is 1.67. The fraction of sp³-hybridized carbons (Fsp3) is 0.700. The van der Waals surface area contributed by atoms with E-state index in [0.717, 1.165) is 12.8 Å². The van der Waals surface area contributed by atoms with Gasteiger partial charge < -0.3 is 15.1 Å². The highest BCUT2D eigenvalue weighted by Crippen LogP contribution is 2.22. The standard InChI is InChI=1S/C10H15NO3/c12-8-5-11(6-9(8)13)10(14)7-3-1-2-4-7/h1-2,7-9,12-13H,3-6H2. The fourth-order valence-electron chi connectivity index (χ4n) is 2.03. The highest BCUT2D eigenvalue weighted by Gasteiger charge is 2.35. The van der Waals surface area contributed by atoms with Crippen molar-refractivity contribution in [3.05, 3.63) is 12.2 Å². The van der Waals surface area contributed by atoms with Crippen LogP contribution in [0.1, 0.15) is 12.8 Å². The second-order valence-corrected chi connectivity index (χ2v) is 4.02. The molecule has 1 aliphatic carbocycles. The van der Waals surface area contributed by atoms with E-state index in [9.17, 15) is 15.0 Å². The number of carbonyl (C=O) groups excluding carboxylic acids is 1. The molecular formula is C10H15NO3. The van der Waals surface area contributed by atoms with Gasteiger partial charge in [0.1, 0.15) is 0 Å². The molecule has 1 amide bonds. The average molecular weight is 197 g/mol. The third-order valence-corrected chi connectivity index (χ3v) is 2.93. The minimum Gasteiger partial charge on any atom is -0.388 e. The number of hydrogen-bond acceptors (Lipinski definition) is 3. The summed E-state index contributed by atoms with van der Waals surface area (Å²) in [6.07, 6.45) is 4.06. The van der Waals surface area contributed by atoms with Crippen molar-refractivity contribution in [1.29, 1.82) is 0 Å². The Bertz CT molecular complexity index is 246. The highest BCUT2D eigenvalue weighted by molar-refractivity contribution is 5.80. The summed E-state index contributed by atoms with van der Waals surface area (Å²) in [6, 6.07) is 0. The van der Waals surface area contributed by atoms with Crippen molar-refractivity contribution in [2.24, 2.45) is 5.92 Å². The van der Waals surface area contributed by atoms with Crippen LogP contribution in [0.2, 0.25) is 0 Å². The van der Waals surface area contributed by atoms with E-state index < -0.39 is 12.2 Å². The molecule has 2 atom stereocenters. The van der Waals surface area contributed by atoms with E-state index in [-0.39, 0.29) is 24.9 Å². The lowest BCUT2D eigenvalue weighted by molar-refractivity contribution is -0.134. The van der Waals surface area contributed by atoms with Crippen LogP contribution in [0.15, 0.2) is 12.2 Å². The number of nitrogens with zero attached hydrogens (tertiary/aromatic N) is 1. The van der Waals surface area contributed by atoms with Gasteiger partial charge in [-0.15, -0.1) is 0 Å². The van der Waals surface area contributed by atoms with Crippen LogP contribution in [0.4, 0.5) is 0 Å². The topological polar surface area (TPSA) is 60.8 Å². The smallest absolute Gasteiger partial charge is 0.226 e. The van der Waals surface area contributed by atoms with Gasteiger partial charge in [0.25, 0.3) is 0 Å². The Morgan fingerprint density at radius 1 is 1.14 bits per heavy atom. The molecule has 1 saturated heterocycles. The van der Waals surface area contributed by atoms with Gasteiger partial charge in [0.15, 0.2) is 0 Å². The first-order valence-corrected chi connectivity index (χ1v) is 4.98. The number of aliphatic hydroxyl groups excluding tert-OH is 2. The molecule has 0 radical (unpaired) electrons. The first-order chi connectivity index (χ1) is 6.68. The fourth-order valence-corrected chi connectivity index (χ4v) is 2.03. The summed E-state index contributed by atoms with van der Waals surface area (Å²) in [4.78, 5) is 13.4.